The number of hydrogen-bond acceptors (Lipinski definition) is 2. The van der Waals surface area contributed by atoms with Gasteiger partial charge in [-0.3, -0.25) is 0 Å². The van der Waals surface area contributed by atoms with Gasteiger partial charge < -0.3 is 4.90 Å². The SMILES string of the molecule is CC(C)(C)c1ccc(-c2ccccc2N(c2ccccc2-c2cccc3cccc(-c4ccccc4)c23)c2cccc3sc4ccccc4c23)cc1. The van der Waals surface area contributed by atoms with E-state index in [0.717, 1.165) is 11.4 Å². The van der Waals surface area contributed by atoms with Crippen LogP contribution in [-0.2, 0) is 5.41 Å². The third-order valence-corrected chi connectivity index (χ3v) is 11.4. The highest BCUT2D eigenvalue weighted by Crippen LogP contribution is 2.50. The second-order valence-corrected chi connectivity index (χ2v) is 15.6. The van der Waals surface area contributed by atoms with E-state index in [-0.39, 0.29) is 5.41 Å². The molecule has 8 aromatic carbocycles. The van der Waals surface area contributed by atoms with E-state index in [9.17, 15) is 0 Å². The molecule has 9 rings (SSSR count). The number of rotatable bonds is 6. The first-order chi connectivity index (χ1) is 25.5. The van der Waals surface area contributed by atoms with Crippen LogP contribution in [0.1, 0.15) is 26.3 Å². The summed E-state index contributed by atoms with van der Waals surface area (Å²) in [5, 5.41) is 5.04. The molecular weight excluding hydrogens is 647 g/mol. The van der Waals surface area contributed by atoms with Gasteiger partial charge >= 0.3 is 0 Å². The average molecular weight is 686 g/mol. The Kier molecular flexibility index (Phi) is 7.98. The lowest BCUT2D eigenvalue weighted by Gasteiger charge is -2.31. The van der Waals surface area contributed by atoms with E-state index < -0.39 is 0 Å². The molecule has 0 aliphatic rings. The second kappa shape index (κ2) is 13.0. The van der Waals surface area contributed by atoms with Gasteiger partial charge in [0, 0.05) is 31.3 Å². The highest BCUT2D eigenvalue weighted by Gasteiger charge is 2.24. The van der Waals surface area contributed by atoms with Crippen molar-refractivity contribution in [2.45, 2.75) is 26.2 Å². The molecule has 0 atom stereocenters. The predicted octanol–water partition coefficient (Wildman–Crippen LogP) is 15.0. The minimum absolute atomic E-state index is 0.0791. The minimum Gasteiger partial charge on any atom is -0.309 e. The molecular formula is C50H39NS. The van der Waals surface area contributed by atoms with Crippen LogP contribution < -0.4 is 4.90 Å². The Morgan fingerprint density at radius 1 is 0.385 bits per heavy atom. The third kappa shape index (κ3) is 5.57. The van der Waals surface area contributed by atoms with Gasteiger partial charge in [0.1, 0.15) is 0 Å². The Morgan fingerprint density at radius 3 is 1.67 bits per heavy atom. The molecule has 9 aromatic rings. The summed E-state index contributed by atoms with van der Waals surface area (Å²) in [6, 6.07) is 66.8. The first-order valence-corrected chi connectivity index (χ1v) is 18.8. The molecule has 1 aromatic heterocycles. The van der Waals surface area contributed by atoms with Crippen molar-refractivity contribution < 1.29 is 0 Å². The fourth-order valence-corrected chi connectivity index (χ4v) is 8.84. The summed E-state index contributed by atoms with van der Waals surface area (Å²) in [6.45, 7) is 6.82. The van der Waals surface area contributed by atoms with Crippen LogP contribution in [0.25, 0.3) is 64.3 Å². The largest absolute Gasteiger partial charge is 0.309 e. The maximum absolute atomic E-state index is 2.52. The fraction of sp³-hybridized carbons (Fsp3) is 0.0800. The Labute approximate surface area is 310 Å². The summed E-state index contributed by atoms with van der Waals surface area (Å²) < 4.78 is 2.58. The van der Waals surface area contributed by atoms with Crippen molar-refractivity contribution in [3.8, 4) is 33.4 Å². The molecule has 0 aliphatic carbocycles. The number of anilines is 3. The van der Waals surface area contributed by atoms with Crippen molar-refractivity contribution in [2.75, 3.05) is 4.90 Å². The van der Waals surface area contributed by atoms with Crippen molar-refractivity contribution in [2.24, 2.45) is 0 Å². The number of benzene rings is 8. The van der Waals surface area contributed by atoms with Crippen LogP contribution in [0.4, 0.5) is 17.1 Å². The monoisotopic (exact) mass is 685 g/mol. The van der Waals surface area contributed by atoms with Gasteiger partial charge in [-0.25, -0.2) is 0 Å². The molecule has 1 heterocycles. The quantitative estimate of drug-likeness (QED) is 0.168. The Bertz CT molecular complexity index is 2710. The molecule has 0 bridgehead atoms. The van der Waals surface area contributed by atoms with Gasteiger partial charge in [-0.1, -0.05) is 172 Å². The minimum atomic E-state index is 0.0791. The summed E-state index contributed by atoms with van der Waals surface area (Å²) in [5.74, 6) is 0. The van der Waals surface area contributed by atoms with Crippen molar-refractivity contribution >= 4 is 59.3 Å². The van der Waals surface area contributed by atoms with Crippen molar-refractivity contribution in [1.29, 1.82) is 0 Å². The molecule has 0 N–H and O–H groups in total. The van der Waals surface area contributed by atoms with E-state index in [4.69, 9.17) is 0 Å². The predicted molar refractivity (Wildman–Crippen MR) is 227 cm³/mol. The molecule has 0 fully saturated rings. The normalized spacial score (nSPS) is 11.8. The maximum Gasteiger partial charge on any atom is 0.0555 e. The number of thiophene rings is 1. The molecule has 0 amide bonds. The zero-order valence-electron chi connectivity index (χ0n) is 29.7. The van der Waals surface area contributed by atoms with Crippen LogP contribution in [0.15, 0.2) is 182 Å². The first-order valence-electron chi connectivity index (χ1n) is 18.0. The molecule has 0 unspecified atom stereocenters. The summed E-state index contributed by atoms with van der Waals surface area (Å²) in [6.07, 6.45) is 0. The second-order valence-electron chi connectivity index (χ2n) is 14.5. The van der Waals surface area contributed by atoms with Gasteiger partial charge in [0.05, 0.1) is 17.1 Å². The molecule has 2 heteroatoms. The van der Waals surface area contributed by atoms with Gasteiger partial charge in [-0.2, -0.15) is 0 Å². The molecule has 250 valence electrons. The standard InChI is InChI=1S/C50H39NS/c1-50(2,3)37-32-30-35(31-33-37)38-20-7-10-25-43(38)51(45-27-15-29-47-49(45)42-22-9-12-28-46(42)52-47)44-26-11-8-21-40(44)41-24-14-19-36-18-13-23-39(48(36)41)34-16-5-4-6-17-34/h4-33H,1-3H3. The lowest BCUT2D eigenvalue weighted by molar-refractivity contribution is 0.590. The average Bonchev–Trinajstić information content (AvgIpc) is 3.58. The van der Waals surface area contributed by atoms with Crippen LogP contribution in [0.5, 0.6) is 0 Å². The molecule has 0 saturated carbocycles. The number of para-hydroxylation sites is 2. The molecule has 0 spiro atoms. The van der Waals surface area contributed by atoms with Crippen molar-refractivity contribution in [3.05, 3.63) is 188 Å². The van der Waals surface area contributed by atoms with Gasteiger partial charge in [-0.05, 0) is 74.3 Å². The zero-order chi connectivity index (χ0) is 35.2. The van der Waals surface area contributed by atoms with Gasteiger partial charge in [-0.15, -0.1) is 11.3 Å². The number of fused-ring (bicyclic) bond motifs is 4. The highest BCUT2D eigenvalue weighted by molar-refractivity contribution is 7.26. The molecule has 52 heavy (non-hydrogen) atoms. The smallest absolute Gasteiger partial charge is 0.0555 e. The van der Waals surface area contributed by atoms with Crippen LogP contribution in [-0.4, -0.2) is 0 Å². The molecule has 1 nitrogen and oxygen atoms in total. The molecule has 0 aliphatic heterocycles. The van der Waals surface area contributed by atoms with Crippen LogP contribution in [0.2, 0.25) is 0 Å². The van der Waals surface area contributed by atoms with Crippen LogP contribution >= 0.6 is 11.3 Å². The van der Waals surface area contributed by atoms with E-state index in [1.165, 1.54) is 75.6 Å². The summed E-state index contributed by atoms with van der Waals surface area (Å²) in [4.78, 5) is 2.52. The zero-order valence-corrected chi connectivity index (χ0v) is 30.5. The van der Waals surface area contributed by atoms with Crippen LogP contribution in [0, 0.1) is 0 Å². The topological polar surface area (TPSA) is 3.24 Å². The third-order valence-electron chi connectivity index (χ3n) is 10.3. The van der Waals surface area contributed by atoms with Crippen LogP contribution in [0.3, 0.4) is 0 Å². The van der Waals surface area contributed by atoms with Crippen molar-refractivity contribution in [1.82, 2.24) is 0 Å². The van der Waals surface area contributed by atoms with Gasteiger partial charge in [0.2, 0.25) is 0 Å². The Morgan fingerprint density at radius 2 is 0.923 bits per heavy atom. The van der Waals surface area contributed by atoms with E-state index in [1.54, 1.807) is 0 Å². The van der Waals surface area contributed by atoms with Crippen molar-refractivity contribution in [3.63, 3.8) is 0 Å². The number of nitrogens with zero attached hydrogens (tertiary/aromatic N) is 1. The summed E-state index contributed by atoms with van der Waals surface area (Å²) in [7, 11) is 0. The van der Waals surface area contributed by atoms with E-state index >= 15 is 0 Å². The lowest BCUT2D eigenvalue weighted by Crippen LogP contribution is -2.13. The van der Waals surface area contributed by atoms with Gasteiger partial charge in [0.25, 0.3) is 0 Å². The Hall–Kier alpha value is -5.96. The number of hydrogen-bond donors (Lipinski definition) is 0. The fourth-order valence-electron chi connectivity index (χ4n) is 7.71. The lowest BCUT2D eigenvalue weighted by atomic mass is 9.86. The summed E-state index contributed by atoms with van der Waals surface area (Å²) in [5.41, 5.74) is 12.1. The summed E-state index contributed by atoms with van der Waals surface area (Å²) >= 11 is 1.86. The maximum atomic E-state index is 2.52. The Balaban J connectivity index is 1.35. The van der Waals surface area contributed by atoms with E-state index in [0.29, 0.717) is 0 Å². The first kappa shape index (κ1) is 32.0. The van der Waals surface area contributed by atoms with E-state index in [2.05, 4.69) is 208 Å². The highest BCUT2D eigenvalue weighted by atomic mass is 32.1. The van der Waals surface area contributed by atoms with E-state index in [1.807, 2.05) is 11.3 Å². The molecule has 0 radical (unpaired) electrons. The molecule has 0 saturated heterocycles. The van der Waals surface area contributed by atoms with Gasteiger partial charge in [0.15, 0.2) is 0 Å².